The van der Waals surface area contributed by atoms with Crippen molar-refractivity contribution in [1.29, 1.82) is 0 Å². The minimum atomic E-state index is -2.69. The molecule has 40 heavy (non-hydrogen) atoms. The van der Waals surface area contributed by atoms with E-state index < -0.39 is 11.7 Å². The normalized spacial score (nSPS) is 15.4. The van der Waals surface area contributed by atoms with Crippen LogP contribution >= 0.6 is 0 Å². The fraction of sp³-hybridized carbons (Fsp3) is 0.172. The standard InChI is InChI=1S/C29H21F4N7/c30-19-3-1-17(2-4-19)25-26-22(7-9-35-25)36-28(37-26)27-23-21(38-39-27)6-5-20(24(23)31)18-11-16(12-34-13-18)14-40-10-8-29(32,33)15-40/h1-7,9,11-13H,8,10,14-15H2,(H,36,37)(H,38,39). The molecule has 200 valence electrons. The van der Waals surface area contributed by atoms with Crippen LogP contribution in [0, 0.1) is 11.6 Å². The fourth-order valence-corrected chi connectivity index (χ4v) is 5.26. The molecule has 1 aliphatic heterocycles. The summed E-state index contributed by atoms with van der Waals surface area (Å²) in [7, 11) is 0. The molecule has 0 saturated carbocycles. The molecule has 0 unspecified atom stereocenters. The monoisotopic (exact) mass is 543 g/mol. The molecule has 1 fully saturated rings. The van der Waals surface area contributed by atoms with Crippen molar-refractivity contribution in [2.45, 2.75) is 18.9 Å². The Morgan fingerprint density at radius 3 is 2.58 bits per heavy atom. The Kier molecular flexibility index (Phi) is 5.63. The number of nitrogens with zero attached hydrogens (tertiary/aromatic N) is 5. The third-order valence-corrected chi connectivity index (χ3v) is 7.17. The lowest BCUT2D eigenvalue weighted by Gasteiger charge is -2.16. The number of rotatable bonds is 5. The van der Waals surface area contributed by atoms with Crippen LogP contribution in [0.5, 0.6) is 0 Å². The third kappa shape index (κ3) is 4.28. The van der Waals surface area contributed by atoms with Gasteiger partial charge in [-0.2, -0.15) is 5.10 Å². The van der Waals surface area contributed by atoms with E-state index in [-0.39, 0.29) is 24.2 Å². The number of pyridine rings is 2. The molecule has 0 amide bonds. The molecule has 2 aromatic carbocycles. The first-order valence-corrected chi connectivity index (χ1v) is 12.7. The van der Waals surface area contributed by atoms with E-state index in [1.54, 1.807) is 59.9 Å². The van der Waals surface area contributed by atoms with Gasteiger partial charge in [-0.15, -0.1) is 0 Å². The third-order valence-electron chi connectivity index (χ3n) is 7.17. The number of hydrogen-bond acceptors (Lipinski definition) is 5. The van der Waals surface area contributed by atoms with Gasteiger partial charge < -0.3 is 4.98 Å². The summed E-state index contributed by atoms with van der Waals surface area (Å²) in [5.74, 6) is -3.21. The average molecular weight is 544 g/mol. The van der Waals surface area contributed by atoms with Gasteiger partial charge in [0.1, 0.15) is 22.8 Å². The molecule has 1 saturated heterocycles. The molecule has 7 nitrogen and oxygen atoms in total. The predicted octanol–water partition coefficient (Wildman–Crippen LogP) is 6.35. The zero-order valence-electron chi connectivity index (χ0n) is 20.9. The lowest BCUT2D eigenvalue weighted by atomic mass is 10.0. The molecule has 5 heterocycles. The van der Waals surface area contributed by atoms with E-state index in [2.05, 4.69) is 25.1 Å². The first-order chi connectivity index (χ1) is 19.3. The maximum atomic E-state index is 16.1. The largest absolute Gasteiger partial charge is 0.336 e. The number of benzene rings is 2. The molecule has 2 N–H and O–H groups in total. The summed E-state index contributed by atoms with van der Waals surface area (Å²) < 4.78 is 56.9. The van der Waals surface area contributed by atoms with Gasteiger partial charge in [0.25, 0.3) is 5.92 Å². The first-order valence-electron chi connectivity index (χ1n) is 12.7. The summed E-state index contributed by atoms with van der Waals surface area (Å²) in [4.78, 5) is 18.2. The molecular weight excluding hydrogens is 522 g/mol. The Labute approximate surface area is 224 Å². The van der Waals surface area contributed by atoms with Crippen molar-refractivity contribution in [3.63, 3.8) is 0 Å². The van der Waals surface area contributed by atoms with E-state index in [9.17, 15) is 13.2 Å². The van der Waals surface area contributed by atoms with Crippen LogP contribution < -0.4 is 0 Å². The van der Waals surface area contributed by atoms with Crippen LogP contribution in [0.4, 0.5) is 17.6 Å². The van der Waals surface area contributed by atoms with Crippen molar-refractivity contribution in [3.8, 4) is 33.9 Å². The highest BCUT2D eigenvalue weighted by Crippen LogP contribution is 2.35. The molecule has 1 aliphatic rings. The number of hydrogen-bond donors (Lipinski definition) is 2. The minimum Gasteiger partial charge on any atom is -0.336 e. The van der Waals surface area contributed by atoms with E-state index >= 15 is 4.39 Å². The zero-order valence-corrected chi connectivity index (χ0v) is 20.9. The number of likely N-dealkylation sites (tertiary alicyclic amines) is 1. The number of aromatic amines is 2. The van der Waals surface area contributed by atoms with Crippen LogP contribution in [-0.2, 0) is 6.54 Å². The van der Waals surface area contributed by atoms with Gasteiger partial charge in [-0.25, -0.2) is 22.5 Å². The summed E-state index contributed by atoms with van der Waals surface area (Å²) in [6, 6.07) is 12.8. The fourth-order valence-electron chi connectivity index (χ4n) is 5.26. The molecule has 6 aromatic rings. The smallest absolute Gasteiger partial charge is 0.261 e. The Morgan fingerprint density at radius 2 is 1.77 bits per heavy atom. The van der Waals surface area contributed by atoms with E-state index in [1.165, 1.54) is 12.1 Å². The quantitative estimate of drug-likeness (QED) is 0.248. The van der Waals surface area contributed by atoms with Gasteiger partial charge in [0.15, 0.2) is 5.82 Å². The lowest BCUT2D eigenvalue weighted by Crippen LogP contribution is -2.24. The van der Waals surface area contributed by atoms with Gasteiger partial charge >= 0.3 is 0 Å². The van der Waals surface area contributed by atoms with E-state index in [4.69, 9.17) is 4.98 Å². The second-order valence-corrected chi connectivity index (χ2v) is 9.97. The molecular formula is C29H21F4N7. The van der Waals surface area contributed by atoms with E-state index in [0.717, 1.165) is 5.56 Å². The van der Waals surface area contributed by atoms with Crippen molar-refractivity contribution in [2.75, 3.05) is 13.1 Å². The van der Waals surface area contributed by atoms with Crippen molar-refractivity contribution >= 4 is 21.9 Å². The highest BCUT2D eigenvalue weighted by molar-refractivity contribution is 5.98. The number of nitrogens with one attached hydrogen (secondary N) is 2. The SMILES string of the molecule is Fc1ccc(-c2nccc3[nH]c(-c4n[nH]c5ccc(-c6cncc(CN7CCC(F)(F)C7)c6)c(F)c45)nc23)cc1. The number of H-pyrrole nitrogens is 2. The molecule has 0 bridgehead atoms. The van der Waals surface area contributed by atoms with Crippen molar-refractivity contribution < 1.29 is 17.6 Å². The topological polar surface area (TPSA) is 86.4 Å². The van der Waals surface area contributed by atoms with Crippen LogP contribution in [0.25, 0.3) is 55.8 Å². The van der Waals surface area contributed by atoms with Crippen molar-refractivity contribution in [3.05, 3.63) is 84.3 Å². The maximum Gasteiger partial charge on any atom is 0.261 e. The molecule has 0 spiro atoms. The van der Waals surface area contributed by atoms with Crippen LogP contribution in [0.1, 0.15) is 12.0 Å². The number of fused-ring (bicyclic) bond motifs is 2. The Hall–Kier alpha value is -4.64. The van der Waals surface area contributed by atoms with Gasteiger partial charge in [-0.05, 0) is 54.1 Å². The van der Waals surface area contributed by atoms with Crippen LogP contribution in [0.2, 0.25) is 0 Å². The molecule has 0 aliphatic carbocycles. The summed E-state index contributed by atoms with van der Waals surface area (Å²) >= 11 is 0. The van der Waals surface area contributed by atoms with Gasteiger partial charge in [-0.3, -0.25) is 20.0 Å². The number of aromatic nitrogens is 6. The maximum absolute atomic E-state index is 16.1. The van der Waals surface area contributed by atoms with Crippen molar-refractivity contribution in [1.82, 2.24) is 35.0 Å². The van der Waals surface area contributed by atoms with Gasteiger partial charge in [-0.1, -0.05) is 0 Å². The Bertz CT molecular complexity index is 1880. The zero-order chi connectivity index (χ0) is 27.4. The molecule has 4 aromatic heterocycles. The number of alkyl halides is 2. The van der Waals surface area contributed by atoms with Crippen LogP contribution in [0.3, 0.4) is 0 Å². The highest BCUT2D eigenvalue weighted by Gasteiger charge is 2.38. The van der Waals surface area contributed by atoms with Crippen LogP contribution in [0.15, 0.2) is 67.1 Å². The van der Waals surface area contributed by atoms with Crippen LogP contribution in [-0.4, -0.2) is 54.0 Å². The van der Waals surface area contributed by atoms with E-state index in [1.807, 2.05) is 0 Å². The highest BCUT2D eigenvalue weighted by atomic mass is 19.3. The summed E-state index contributed by atoms with van der Waals surface area (Å²) in [5, 5.41) is 7.47. The molecule has 0 radical (unpaired) electrons. The van der Waals surface area contributed by atoms with E-state index in [0.29, 0.717) is 63.5 Å². The number of halogens is 4. The van der Waals surface area contributed by atoms with Gasteiger partial charge in [0, 0.05) is 54.8 Å². The first kappa shape index (κ1) is 24.4. The molecule has 0 atom stereocenters. The summed E-state index contributed by atoms with van der Waals surface area (Å²) in [6.45, 7) is 0.304. The summed E-state index contributed by atoms with van der Waals surface area (Å²) in [5.41, 5.74) is 4.79. The van der Waals surface area contributed by atoms with Gasteiger partial charge in [0.2, 0.25) is 0 Å². The number of imidazole rings is 1. The lowest BCUT2D eigenvalue weighted by molar-refractivity contribution is 0.0115. The summed E-state index contributed by atoms with van der Waals surface area (Å²) in [6.07, 6.45) is 4.61. The average Bonchev–Trinajstić information content (AvgIpc) is 3.65. The minimum absolute atomic E-state index is 0.169. The molecule has 7 rings (SSSR count). The Morgan fingerprint density at radius 1 is 0.925 bits per heavy atom. The predicted molar refractivity (Wildman–Crippen MR) is 142 cm³/mol. The second-order valence-electron chi connectivity index (χ2n) is 9.97. The second kappa shape index (κ2) is 9.23. The van der Waals surface area contributed by atoms with Gasteiger partial charge in [0.05, 0.1) is 28.7 Å². The molecule has 11 heteroatoms. The Balaban J connectivity index is 1.27. The van der Waals surface area contributed by atoms with Crippen molar-refractivity contribution in [2.24, 2.45) is 0 Å².